The highest BCUT2D eigenvalue weighted by Crippen LogP contribution is 2.26. The summed E-state index contributed by atoms with van der Waals surface area (Å²) in [5.41, 5.74) is 2.41. The van der Waals surface area contributed by atoms with Crippen LogP contribution >= 0.6 is 11.3 Å². The second-order valence-electron chi connectivity index (χ2n) is 6.84. The molecule has 3 aromatic rings. The lowest BCUT2D eigenvalue weighted by Gasteiger charge is -2.24. The SMILES string of the molecule is Cc1ccc(-c2nc(CN(Cc3ccccc3)CC3CCCO3)cs2)o1. The molecule has 0 N–H and O–H groups in total. The molecule has 5 heteroatoms. The van der Waals surface area contributed by atoms with Gasteiger partial charge < -0.3 is 9.15 Å². The maximum Gasteiger partial charge on any atom is 0.162 e. The minimum Gasteiger partial charge on any atom is -0.459 e. The van der Waals surface area contributed by atoms with Gasteiger partial charge in [0.05, 0.1) is 11.8 Å². The van der Waals surface area contributed by atoms with Crippen molar-refractivity contribution in [3.63, 3.8) is 0 Å². The summed E-state index contributed by atoms with van der Waals surface area (Å²) in [5, 5.41) is 3.09. The third-order valence-electron chi connectivity index (χ3n) is 4.62. The topological polar surface area (TPSA) is 38.5 Å². The van der Waals surface area contributed by atoms with Gasteiger partial charge in [0.25, 0.3) is 0 Å². The molecular formula is C21H24N2O2S. The van der Waals surface area contributed by atoms with Crippen LogP contribution in [0.15, 0.2) is 52.3 Å². The van der Waals surface area contributed by atoms with Gasteiger partial charge in [-0.05, 0) is 37.5 Å². The van der Waals surface area contributed by atoms with Gasteiger partial charge in [-0.2, -0.15) is 0 Å². The van der Waals surface area contributed by atoms with Gasteiger partial charge in [-0.15, -0.1) is 11.3 Å². The molecule has 4 nitrogen and oxygen atoms in total. The Hall–Kier alpha value is -1.95. The number of thiazole rings is 1. The molecule has 2 aromatic heterocycles. The van der Waals surface area contributed by atoms with E-state index in [4.69, 9.17) is 14.1 Å². The van der Waals surface area contributed by atoms with Crippen LogP contribution in [-0.2, 0) is 17.8 Å². The van der Waals surface area contributed by atoms with Crippen molar-refractivity contribution in [1.29, 1.82) is 0 Å². The Labute approximate surface area is 158 Å². The van der Waals surface area contributed by atoms with E-state index in [1.807, 2.05) is 19.1 Å². The lowest BCUT2D eigenvalue weighted by molar-refractivity contribution is 0.0675. The number of rotatable bonds is 7. The largest absolute Gasteiger partial charge is 0.459 e. The van der Waals surface area contributed by atoms with Crippen molar-refractivity contribution in [1.82, 2.24) is 9.88 Å². The Bertz CT molecular complexity index is 821. The zero-order valence-electron chi connectivity index (χ0n) is 15.1. The molecule has 136 valence electrons. The molecule has 1 aromatic carbocycles. The van der Waals surface area contributed by atoms with Crippen LogP contribution in [0.25, 0.3) is 10.8 Å². The van der Waals surface area contributed by atoms with Crippen molar-refractivity contribution in [3.8, 4) is 10.8 Å². The van der Waals surface area contributed by atoms with Gasteiger partial charge in [-0.25, -0.2) is 4.98 Å². The third kappa shape index (κ3) is 4.41. The van der Waals surface area contributed by atoms with Crippen molar-refractivity contribution in [2.75, 3.05) is 13.2 Å². The number of hydrogen-bond donors (Lipinski definition) is 0. The number of benzene rings is 1. The minimum atomic E-state index is 0.338. The summed E-state index contributed by atoms with van der Waals surface area (Å²) in [5.74, 6) is 1.77. The lowest BCUT2D eigenvalue weighted by Crippen LogP contribution is -2.31. The fourth-order valence-corrected chi connectivity index (χ4v) is 4.14. The number of furan rings is 1. The van der Waals surface area contributed by atoms with Gasteiger partial charge >= 0.3 is 0 Å². The van der Waals surface area contributed by atoms with Crippen LogP contribution in [-0.4, -0.2) is 29.1 Å². The summed E-state index contributed by atoms with van der Waals surface area (Å²) in [6.45, 7) is 5.53. The lowest BCUT2D eigenvalue weighted by atomic mass is 10.2. The summed E-state index contributed by atoms with van der Waals surface area (Å²) in [7, 11) is 0. The predicted molar refractivity (Wildman–Crippen MR) is 104 cm³/mol. The fourth-order valence-electron chi connectivity index (χ4n) is 3.37. The third-order valence-corrected chi connectivity index (χ3v) is 5.53. The second kappa shape index (κ2) is 8.16. The van der Waals surface area contributed by atoms with Gasteiger partial charge in [0.15, 0.2) is 10.8 Å². The van der Waals surface area contributed by atoms with Crippen LogP contribution in [0, 0.1) is 6.92 Å². The second-order valence-corrected chi connectivity index (χ2v) is 7.70. The average Bonchev–Trinajstić information content (AvgIpc) is 3.38. The maximum absolute atomic E-state index is 5.86. The molecular weight excluding hydrogens is 344 g/mol. The van der Waals surface area contributed by atoms with E-state index < -0.39 is 0 Å². The van der Waals surface area contributed by atoms with Crippen LogP contribution < -0.4 is 0 Å². The quantitative estimate of drug-likeness (QED) is 0.595. The molecule has 0 aliphatic carbocycles. The average molecular weight is 369 g/mol. The molecule has 1 unspecified atom stereocenters. The molecule has 1 aliphatic heterocycles. The maximum atomic E-state index is 5.86. The molecule has 0 radical (unpaired) electrons. The molecule has 1 fully saturated rings. The molecule has 1 aliphatic rings. The van der Waals surface area contributed by atoms with Crippen LogP contribution in [0.3, 0.4) is 0 Å². The Morgan fingerprint density at radius 2 is 2.04 bits per heavy atom. The van der Waals surface area contributed by atoms with Gasteiger partial charge in [0, 0.05) is 31.6 Å². The Morgan fingerprint density at radius 3 is 2.77 bits per heavy atom. The van der Waals surface area contributed by atoms with Gasteiger partial charge in [-0.1, -0.05) is 30.3 Å². The van der Waals surface area contributed by atoms with E-state index in [1.165, 1.54) is 12.0 Å². The molecule has 3 heterocycles. The summed E-state index contributed by atoms with van der Waals surface area (Å²) < 4.78 is 11.6. The van der Waals surface area contributed by atoms with Crippen LogP contribution in [0.5, 0.6) is 0 Å². The van der Waals surface area contributed by atoms with Crippen LogP contribution in [0.4, 0.5) is 0 Å². The Balaban J connectivity index is 1.47. The van der Waals surface area contributed by atoms with Gasteiger partial charge in [0.2, 0.25) is 0 Å². The molecule has 1 atom stereocenters. The van der Waals surface area contributed by atoms with Crippen molar-refractivity contribution in [3.05, 3.63) is 64.9 Å². The number of ether oxygens (including phenoxy) is 1. The van der Waals surface area contributed by atoms with E-state index >= 15 is 0 Å². The van der Waals surface area contributed by atoms with E-state index in [0.29, 0.717) is 6.10 Å². The zero-order valence-corrected chi connectivity index (χ0v) is 15.9. The van der Waals surface area contributed by atoms with Crippen molar-refractivity contribution in [2.24, 2.45) is 0 Å². The molecule has 1 saturated heterocycles. The highest BCUT2D eigenvalue weighted by atomic mass is 32.1. The molecule has 0 bridgehead atoms. The molecule has 0 saturated carbocycles. The number of aryl methyl sites for hydroxylation is 1. The highest BCUT2D eigenvalue weighted by Gasteiger charge is 2.20. The van der Waals surface area contributed by atoms with E-state index in [9.17, 15) is 0 Å². The zero-order chi connectivity index (χ0) is 17.8. The standard InChI is InChI=1S/C21H24N2O2S/c1-16-9-10-20(25-16)21-22-18(15-26-21)13-23(14-19-8-5-11-24-19)12-17-6-3-2-4-7-17/h2-4,6-7,9-10,15,19H,5,8,11-14H2,1H3. The first-order chi connectivity index (χ1) is 12.8. The smallest absolute Gasteiger partial charge is 0.162 e. The minimum absolute atomic E-state index is 0.338. The molecule has 0 spiro atoms. The Morgan fingerprint density at radius 1 is 1.15 bits per heavy atom. The van der Waals surface area contributed by atoms with E-state index in [1.54, 1.807) is 11.3 Å². The van der Waals surface area contributed by atoms with E-state index in [2.05, 4.69) is 40.6 Å². The van der Waals surface area contributed by atoms with Crippen LogP contribution in [0.1, 0.15) is 29.9 Å². The van der Waals surface area contributed by atoms with Gasteiger partial charge in [0.1, 0.15) is 5.76 Å². The number of hydrogen-bond acceptors (Lipinski definition) is 5. The molecule has 0 amide bonds. The van der Waals surface area contributed by atoms with Crippen LogP contribution in [0.2, 0.25) is 0 Å². The predicted octanol–water partition coefficient (Wildman–Crippen LogP) is 4.89. The normalized spacial score (nSPS) is 17.2. The van der Waals surface area contributed by atoms with Crippen molar-refractivity contribution in [2.45, 2.75) is 39.0 Å². The summed E-state index contributed by atoms with van der Waals surface area (Å²) in [6.07, 6.45) is 2.66. The number of nitrogens with zero attached hydrogens (tertiary/aromatic N) is 2. The number of aromatic nitrogens is 1. The first-order valence-electron chi connectivity index (χ1n) is 9.15. The van der Waals surface area contributed by atoms with E-state index in [-0.39, 0.29) is 0 Å². The summed E-state index contributed by atoms with van der Waals surface area (Å²) in [4.78, 5) is 7.23. The fraction of sp³-hybridized carbons (Fsp3) is 0.381. The molecule has 26 heavy (non-hydrogen) atoms. The van der Waals surface area contributed by atoms with E-state index in [0.717, 1.165) is 54.9 Å². The first kappa shape index (κ1) is 17.5. The van der Waals surface area contributed by atoms with Crippen molar-refractivity contribution >= 4 is 11.3 Å². The highest BCUT2D eigenvalue weighted by molar-refractivity contribution is 7.13. The monoisotopic (exact) mass is 368 g/mol. The summed E-state index contributed by atoms with van der Waals surface area (Å²) in [6, 6.07) is 14.6. The molecule has 4 rings (SSSR count). The first-order valence-corrected chi connectivity index (χ1v) is 10.0. The Kier molecular flexibility index (Phi) is 5.48. The summed E-state index contributed by atoms with van der Waals surface area (Å²) >= 11 is 1.64. The van der Waals surface area contributed by atoms with Gasteiger partial charge in [-0.3, -0.25) is 4.90 Å². The van der Waals surface area contributed by atoms with Crippen molar-refractivity contribution < 1.29 is 9.15 Å².